The first kappa shape index (κ1) is 23.0. The average molecular weight is 459 g/mol. The number of nitrogens with one attached hydrogen (secondary N) is 2. The van der Waals surface area contributed by atoms with E-state index in [2.05, 4.69) is 34.9 Å². The van der Waals surface area contributed by atoms with Crippen LogP contribution in [0.2, 0.25) is 0 Å². The van der Waals surface area contributed by atoms with Crippen molar-refractivity contribution in [2.45, 2.75) is 32.2 Å². The van der Waals surface area contributed by atoms with Gasteiger partial charge in [-0.1, -0.05) is 48.5 Å². The van der Waals surface area contributed by atoms with E-state index in [-0.39, 0.29) is 30.4 Å². The maximum Gasteiger partial charge on any atom is 0.407 e. The molecule has 3 aromatic rings. The molecule has 0 saturated carbocycles. The zero-order chi connectivity index (χ0) is 24.2. The molecule has 3 aromatic carbocycles. The molecule has 0 saturated heterocycles. The van der Waals surface area contributed by atoms with Crippen molar-refractivity contribution in [2.24, 2.45) is 0 Å². The molecule has 0 aromatic heterocycles. The van der Waals surface area contributed by atoms with Crippen LogP contribution in [0.3, 0.4) is 0 Å². The van der Waals surface area contributed by atoms with Crippen LogP contribution in [0.4, 0.5) is 10.5 Å². The molecule has 0 radical (unpaired) electrons. The number of aryl methyl sites for hydroxylation is 1. The van der Waals surface area contributed by atoms with Gasteiger partial charge in [-0.3, -0.25) is 4.79 Å². The van der Waals surface area contributed by atoms with Crippen LogP contribution in [-0.2, 0) is 9.53 Å². The van der Waals surface area contributed by atoms with Gasteiger partial charge in [0.25, 0.3) is 0 Å². The van der Waals surface area contributed by atoms with E-state index >= 15 is 0 Å². The number of fused-ring (bicyclic) bond motifs is 3. The number of aromatic carboxylic acids is 1. The second-order valence-corrected chi connectivity index (χ2v) is 8.46. The van der Waals surface area contributed by atoms with Gasteiger partial charge in [-0.15, -0.1) is 0 Å². The topological polar surface area (TPSA) is 105 Å². The maximum absolute atomic E-state index is 12.4. The van der Waals surface area contributed by atoms with Gasteiger partial charge in [0.1, 0.15) is 6.61 Å². The Balaban J connectivity index is 1.30. The lowest BCUT2D eigenvalue weighted by Gasteiger charge is -2.17. The molecule has 2 amide bonds. The Bertz CT molecular complexity index is 1210. The van der Waals surface area contributed by atoms with Crippen molar-refractivity contribution >= 4 is 23.7 Å². The Morgan fingerprint density at radius 1 is 0.971 bits per heavy atom. The first-order valence-corrected chi connectivity index (χ1v) is 11.1. The van der Waals surface area contributed by atoms with Gasteiger partial charge in [-0.2, -0.15) is 0 Å². The van der Waals surface area contributed by atoms with E-state index in [1.165, 1.54) is 12.1 Å². The third-order valence-corrected chi connectivity index (χ3v) is 5.95. The SMILES string of the molecule is Cc1cc(C(=O)O)ccc1NC(=O)CC(C)NC(=O)OCC1c2ccccc2-c2ccccc21. The van der Waals surface area contributed by atoms with Crippen LogP contribution in [0.25, 0.3) is 11.1 Å². The van der Waals surface area contributed by atoms with Gasteiger partial charge in [0.05, 0.1) is 5.56 Å². The number of ether oxygens (including phenoxy) is 1. The van der Waals surface area contributed by atoms with Crippen LogP contribution < -0.4 is 10.6 Å². The molecule has 7 heteroatoms. The zero-order valence-corrected chi connectivity index (χ0v) is 19.0. The van der Waals surface area contributed by atoms with Crippen molar-refractivity contribution in [3.8, 4) is 11.1 Å². The number of anilines is 1. The highest BCUT2D eigenvalue weighted by Crippen LogP contribution is 2.44. The molecule has 34 heavy (non-hydrogen) atoms. The van der Waals surface area contributed by atoms with E-state index in [4.69, 9.17) is 9.84 Å². The number of hydrogen-bond donors (Lipinski definition) is 3. The minimum Gasteiger partial charge on any atom is -0.478 e. The summed E-state index contributed by atoms with van der Waals surface area (Å²) in [4.78, 5) is 35.9. The van der Waals surface area contributed by atoms with Gasteiger partial charge >= 0.3 is 12.1 Å². The predicted octanol–water partition coefficient (Wildman–Crippen LogP) is 4.95. The fraction of sp³-hybridized carbons (Fsp3) is 0.222. The van der Waals surface area contributed by atoms with Crippen LogP contribution in [0.1, 0.15) is 46.3 Å². The van der Waals surface area contributed by atoms with Crippen LogP contribution in [0.5, 0.6) is 0 Å². The molecule has 1 unspecified atom stereocenters. The van der Waals surface area contributed by atoms with Gasteiger partial charge in [-0.05, 0) is 59.9 Å². The first-order valence-electron chi connectivity index (χ1n) is 11.1. The number of hydrogen-bond acceptors (Lipinski definition) is 4. The van der Waals surface area contributed by atoms with E-state index in [1.807, 2.05) is 24.3 Å². The largest absolute Gasteiger partial charge is 0.478 e. The summed E-state index contributed by atoms with van der Waals surface area (Å²) in [5, 5.41) is 14.5. The molecular weight excluding hydrogens is 432 g/mol. The highest BCUT2D eigenvalue weighted by Gasteiger charge is 2.29. The summed E-state index contributed by atoms with van der Waals surface area (Å²) < 4.78 is 5.53. The van der Waals surface area contributed by atoms with Crippen molar-refractivity contribution < 1.29 is 24.2 Å². The fourth-order valence-corrected chi connectivity index (χ4v) is 4.31. The summed E-state index contributed by atoms with van der Waals surface area (Å²) in [6.07, 6.45) is -0.534. The average Bonchev–Trinajstić information content (AvgIpc) is 3.12. The van der Waals surface area contributed by atoms with E-state index < -0.39 is 18.1 Å². The molecule has 0 bridgehead atoms. The molecule has 0 heterocycles. The zero-order valence-electron chi connectivity index (χ0n) is 19.0. The maximum atomic E-state index is 12.4. The molecule has 1 atom stereocenters. The molecular formula is C27H26N2O5. The van der Waals surface area contributed by atoms with E-state index in [0.29, 0.717) is 11.3 Å². The summed E-state index contributed by atoms with van der Waals surface area (Å²) in [5.74, 6) is -1.35. The summed E-state index contributed by atoms with van der Waals surface area (Å²) in [6, 6.07) is 20.3. The van der Waals surface area contributed by atoms with E-state index in [9.17, 15) is 14.4 Å². The lowest BCUT2D eigenvalue weighted by molar-refractivity contribution is -0.116. The van der Waals surface area contributed by atoms with Crippen molar-refractivity contribution in [1.82, 2.24) is 5.32 Å². The second kappa shape index (κ2) is 9.79. The molecule has 3 N–H and O–H groups in total. The van der Waals surface area contributed by atoms with Gasteiger partial charge in [0, 0.05) is 24.1 Å². The number of alkyl carbamates (subject to hydrolysis) is 1. The Hall–Kier alpha value is -4.13. The van der Waals surface area contributed by atoms with Crippen LogP contribution in [0.15, 0.2) is 66.7 Å². The second-order valence-electron chi connectivity index (χ2n) is 8.46. The fourth-order valence-electron chi connectivity index (χ4n) is 4.31. The Kier molecular flexibility index (Phi) is 6.63. The van der Waals surface area contributed by atoms with Gasteiger partial charge in [-0.25, -0.2) is 9.59 Å². The smallest absolute Gasteiger partial charge is 0.407 e. The quantitative estimate of drug-likeness (QED) is 0.465. The highest BCUT2D eigenvalue weighted by atomic mass is 16.5. The van der Waals surface area contributed by atoms with E-state index in [0.717, 1.165) is 22.3 Å². The number of carbonyl (C=O) groups is 3. The number of rotatable bonds is 7. The van der Waals surface area contributed by atoms with Gasteiger partial charge in [0.15, 0.2) is 0 Å². The number of amides is 2. The first-order chi connectivity index (χ1) is 16.3. The lowest BCUT2D eigenvalue weighted by Crippen LogP contribution is -2.36. The summed E-state index contributed by atoms with van der Waals surface area (Å²) >= 11 is 0. The Morgan fingerprint density at radius 3 is 2.18 bits per heavy atom. The van der Waals surface area contributed by atoms with Gasteiger partial charge in [0.2, 0.25) is 5.91 Å². The standard InChI is InChI=1S/C27H26N2O5/c1-16-13-18(26(31)32)11-12-24(16)29-25(30)14-17(2)28-27(33)34-15-23-21-9-5-3-7-19(21)20-8-4-6-10-22(20)23/h3-13,17,23H,14-15H2,1-2H3,(H,28,33)(H,29,30)(H,31,32). The monoisotopic (exact) mass is 458 g/mol. The number of carboxylic acids is 1. The highest BCUT2D eigenvalue weighted by molar-refractivity contribution is 5.94. The Morgan fingerprint density at radius 2 is 1.59 bits per heavy atom. The molecule has 0 spiro atoms. The molecule has 7 nitrogen and oxygen atoms in total. The van der Waals surface area contributed by atoms with Crippen molar-refractivity contribution in [1.29, 1.82) is 0 Å². The predicted molar refractivity (Wildman–Crippen MR) is 129 cm³/mol. The van der Waals surface area contributed by atoms with Crippen molar-refractivity contribution in [2.75, 3.05) is 11.9 Å². The summed E-state index contributed by atoms with van der Waals surface area (Å²) in [7, 11) is 0. The summed E-state index contributed by atoms with van der Waals surface area (Å²) in [5.41, 5.74) is 5.91. The Labute approximate surface area is 197 Å². The molecule has 1 aliphatic rings. The molecule has 174 valence electrons. The third kappa shape index (κ3) is 4.93. The van der Waals surface area contributed by atoms with Crippen molar-refractivity contribution in [3.05, 3.63) is 89.0 Å². The molecule has 4 rings (SSSR count). The molecule has 0 fully saturated rings. The lowest BCUT2D eigenvalue weighted by atomic mass is 9.98. The minimum atomic E-state index is -1.03. The van der Waals surface area contributed by atoms with Crippen LogP contribution in [-0.4, -0.2) is 35.7 Å². The number of carbonyl (C=O) groups excluding carboxylic acids is 2. The van der Waals surface area contributed by atoms with Crippen LogP contribution in [0, 0.1) is 6.92 Å². The van der Waals surface area contributed by atoms with E-state index in [1.54, 1.807) is 19.9 Å². The van der Waals surface area contributed by atoms with Gasteiger partial charge < -0.3 is 20.5 Å². The van der Waals surface area contributed by atoms with Crippen molar-refractivity contribution in [3.63, 3.8) is 0 Å². The number of carboxylic acid groups (broad SMARTS) is 1. The molecule has 0 aliphatic heterocycles. The number of benzene rings is 3. The summed E-state index contributed by atoms with van der Waals surface area (Å²) in [6.45, 7) is 3.65. The van der Waals surface area contributed by atoms with Crippen LogP contribution >= 0.6 is 0 Å². The minimum absolute atomic E-state index is 0.0338. The molecule has 1 aliphatic carbocycles. The third-order valence-electron chi connectivity index (χ3n) is 5.95. The normalized spacial score (nSPS) is 12.9.